The zero-order valence-electron chi connectivity index (χ0n) is 15.4. The van der Waals surface area contributed by atoms with E-state index >= 15 is 0 Å². The van der Waals surface area contributed by atoms with Gasteiger partial charge in [-0.3, -0.25) is 0 Å². The zero-order valence-corrected chi connectivity index (χ0v) is 15.4. The summed E-state index contributed by atoms with van der Waals surface area (Å²) in [5.74, 6) is 0.879. The fourth-order valence-electron chi connectivity index (χ4n) is 3.34. The van der Waals surface area contributed by atoms with E-state index in [-0.39, 0.29) is 0 Å². The first-order valence-corrected chi connectivity index (χ1v) is 9.89. The third-order valence-corrected chi connectivity index (χ3v) is 4.82. The second-order valence-corrected chi connectivity index (χ2v) is 7.02. The van der Waals surface area contributed by atoms with Crippen molar-refractivity contribution >= 4 is 0 Å². The molecule has 0 spiro atoms. The molecule has 2 heteroatoms. The predicted molar refractivity (Wildman–Crippen MR) is 103 cm³/mol. The van der Waals surface area contributed by atoms with E-state index in [0.29, 0.717) is 0 Å². The minimum absolute atomic E-state index is 0.730. The molecule has 2 rings (SSSR count). The summed E-state index contributed by atoms with van der Waals surface area (Å²) in [5.41, 5.74) is 2.70. The molecule has 1 aliphatic rings. The van der Waals surface area contributed by atoms with Crippen LogP contribution in [0.4, 0.5) is 0 Å². The van der Waals surface area contributed by atoms with Crippen molar-refractivity contribution in [3.63, 3.8) is 0 Å². The number of hydrogen-bond acceptors (Lipinski definition) is 2. The summed E-state index contributed by atoms with van der Waals surface area (Å²) in [7, 11) is 0. The molecule has 1 aromatic rings. The second-order valence-electron chi connectivity index (χ2n) is 7.02. The van der Waals surface area contributed by atoms with E-state index in [1.165, 1.54) is 69.2 Å². The molecule has 1 aromatic carbocycles. The first kappa shape index (κ1) is 19.2. The largest absolute Gasteiger partial charge is 0.376 e. The van der Waals surface area contributed by atoms with Crippen LogP contribution in [-0.2, 0) is 17.8 Å². The first-order valence-electron chi connectivity index (χ1n) is 9.89. The number of hydrogen-bond donors (Lipinski definition) is 1. The number of aryl methyl sites for hydroxylation is 1. The highest BCUT2D eigenvalue weighted by molar-refractivity contribution is 5.22. The van der Waals surface area contributed by atoms with Crippen LogP contribution in [0.1, 0.15) is 63.0 Å². The van der Waals surface area contributed by atoms with Crippen molar-refractivity contribution in [3.8, 4) is 0 Å². The summed E-state index contributed by atoms with van der Waals surface area (Å²) < 4.78 is 5.77. The van der Waals surface area contributed by atoms with Crippen LogP contribution < -0.4 is 5.32 Å². The van der Waals surface area contributed by atoms with Crippen molar-refractivity contribution in [2.75, 3.05) is 19.7 Å². The highest BCUT2D eigenvalue weighted by Crippen LogP contribution is 2.16. The topological polar surface area (TPSA) is 21.3 Å². The van der Waals surface area contributed by atoms with E-state index in [2.05, 4.69) is 48.7 Å². The van der Waals surface area contributed by atoms with Crippen LogP contribution in [0.5, 0.6) is 0 Å². The quantitative estimate of drug-likeness (QED) is 0.466. The number of nitrogens with one attached hydrogen (secondary N) is 1. The molecular weight excluding hydrogens is 294 g/mol. The van der Waals surface area contributed by atoms with E-state index < -0.39 is 0 Å². The number of allylic oxidation sites excluding steroid dienone is 1. The lowest BCUT2D eigenvalue weighted by atomic mass is 9.98. The van der Waals surface area contributed by atoms with Crippen LogP contribution in [0.25, 0.3) is 0 Å². The molecule has 1 atom stereocenters. The smallest absolute Gasteiger partial charge is 0.0717 e. The zero-order chi connectivity index (χ0) is 16.9. The van der Waals surface area contributed by atoms with E-state index in [0.717, 1.165) is 25.6 Å². The fraction of sp³-hybridized carbons (Fsp3) is 0.636. The van der Waals surface area contributed by atoms with Gasteiger partial charge in [0.1, 0.15) is 0 Å². The van der Waals surface area contributed by atoms with Gasteiger partial charge in [0.05, 0.1) is 13.2 Å². The summed E-state index contributed by atoms with van der Waals surface area (Å²) in [6, 6.07) is 8.85. The lowest BCUT2D eigenvalue weighted by molar-refractivity contribution is 0.125. The maximum atomic E-state index is 5.77. The van der Waals surface area contributed by atoms with E-state index in [1.807, 2.05) is 0 Å². The van der Waals surface area contributed by atoms with Gasteiger partial charge < -0.3 is 10.1 Å². The molecule has 1 fully saturated rings. The van der Waals surface area contributed by atoms with Gasteiger partial charge in [-0.2, -0.15) is 0 Å². The third kappa shape index (κ3) is 8.12. The Morgan fingerprint density at radius 2 is 1.88 bits per heavy atom. The Kier molecular flexibility index (Phi) is 9.82. The monoisotopic (exact) mass is 329 g/mol. The van der Waals surface area contributed by atoms with Gasteiger partial charge in [0, 0.05) is 0 Å². The van der Waals surface area contributed by atoms with E-state index in [1.54, 1.807) is 0 Å². The molecule has 0 saturated carbocycles. The summed E-state index contributed by atoms with van der Waals surface area (Å²) >= 11 is 0. The van der Waals surface area contributed by atoms with Crippen molar-refractivity contribution < 1.29 is 4.74 Å². The van der Waals surface area contributed by atoms with Crippen LogP contribution in [0.2, 0.25) is 0 Å². The molecule has 134 valence electrons. The highest BCUT2D eigenvalue weighted by Gasteiger charge is 2.10. The van der Waals surface area contributed by atoms with Crippen LogP contribution in [0, 0.1) is 5.92 Å². The van der Waals surface area contributed by atoms with Gasteiger partial charge in [-0.15, -0.1) is 0 Å². The van der Waals surface area contributed by atoms with Gasteiger partial charge in [0.25, 0.3) is 0 Å². The van der Waals surface area contributed by atoms with Crippen molar-refractivity contribution in [3.05, 3.63) is 47.5 Å². The van der Waals surface area contributed by atoms with Crippen LogP contribution in [-0.4, -0.2) is 19.7 Å². The highest BCUT2D eigenvalue weighted by atomic mass is 16.5. The average Bonchev–Trinajstić information content (AvgIpc) is 2.88. The Balaban J connectivity index is 1.49. The minimum atomic E-state index is 0.730. The molecule has 2 nitrogen and oxygen atoms in total. The van der Waals surface area contributed by atoms with Crippen LogP contribution >= 0.6 is 0 Å². The van der Waals surface area contributed by atoms with Gasteiger partial charge in [-0.1, -0.05) is 56.2 Å². The Labute approximate surface area is 148 Å². The maximum absolute atomic E-state index is 5.77. The number of ether oxygens (including phenoxy) is 1. The summed E-state index contributed by atoms with van der Waals surface area (Å²) in [5, 5.41) is 3.55. The first-order chi connectivity index (χ1) is 11.9. The average molecular weight is 330 g/mol. The lowest BCUT2D eigenvalue weighted by Gasteiger charge is -2.12. The van der Waals surface area contributed by atoms with Gasteiger partial charge >= 0.3 is 0 Å². The number of benzene rings is 1. The molecule has 1 aliphatic heterocycles. The standard InChI is InChI=1S/C22H35NO/c1-2-9-20-12-14-22(15-13-20)19-24-17-8-4-3-5-10-21-11-6-7-16-23-18-21/h3-4,12-15,21,23H,2,5-11,16-19H2,1H3/b4-3+. The van der Waals surface area contributed by atoms with Gasteiger partial charge in [-0.25, -0.2) is 0 Å². The Hall–Kier alpha value is -1.12. The molecule has 1 unspecified atom stereocenters. The Bertz CT molecular complexity index is 444. The second kappa shape index (κ2) is 12.3. The predicted octanol–water partition coefficient (Wildman–Crippen LogP) is 5.27. The molecule has 0 aliphatic carbocycles. The fourth-order valence-corrected chi connectivity index (χ4v) is 3.34. The van der Waals surface area contributed by atoms with Gasteiger partial charge in [-0.05, 0) is 68.7 Å². The normalized spacial score (nSPS) is 18.8. The molecule has 1 N–H and O–H groups in total. The van der Waals surface area contributed by atoms with Crippen LogP contribution in [0.3, 0.4) is 0 Å². The van der Waals surface area contributed by atoms with Crippen molar-refractivity contribution in [1.29, 1.82) is 0 Å². The van der Waals surface area contributed by atoms with Gasteiger partial charge in [0.15, 0.2) is 0 Å². The van der Waals surface area contributed by atoms with Crippen molar-refractivity contribution in [2.45, 2.75) is 64.9 Å². The van der Waals surface area contributed by atoms with Crippen molar-refractivity contribution in [2.24, 2.45) is 5.92 Å². The molecule has 1 saturated heterocycles. The van der Waals surface area contributed by atoms with Crippen LogP contribution in [0.15, 0.2) is 36.4 Å². The number of rotatable bonds is 10. The molecular formula is C22H35NO. The van der Waals surface area contributed by atoms with E-state index in [4.69, 9.17) is 4.74 Å². The van der Waals surface area contributed by atoms with Gasteiger partial charge in [0.2, 0.25) is 0 Å². The molecule has 0 aromatic heterocycles. The molecule has 1 heterocycles. The summed E-state index contributed by atoms with van der Waals surface area (Å²) in [4.78, 5) is 0. The molecule has 0 amide bonds. The summed E-state index contributed by atoms with van der Waals surface area (Å²) in [6.07, 6.45) is 14.7. The van der Waals surface area contributed by atoms with E-state index in [9.17, 15) is 0 Å². The minimum Gasteiger partial charge on any atom is -0.376 e. The lowest BCUT2D eigenvalue weighted by Crippen LogP contribution is -2.20. The maximum Gasteiger partial charge on any atom is 0.0717 e. The third-order valence-electron chi connectivity index (χ3n) is 4.82. The SMILES string of the molecule is CCCc1ccc(COCC/C=C/CCC2CCCCNC2)cc1. The Morgan fingerprint density at radius 3 is 2.71 bits per heavy atom. The summed E-state index contributed by atoms with van der Waals surface area (Å²) in [6.45, 7) is 6.20. The van der Waals surface area contributed by atoms with Crippen molar-refractivity contribution in [1.82, 2.24) is 5.32 Å². The molecule has 0 bridgehead atoms. The molecule has 24 heavy (non-hydrogen) atoms. The Morgan fingerprint density at radius 1 is 1.08 bits per heavy atom. The molecule has 0 radical (unpaired) electrons.